The monoisotopic (exact) mass is 414 g/mol. The van der Waals surface area contributed by atoms with Gasteiger partial charge in [-0.3, -0.25) is 28.8 Å². The fourth-order valence-corrected chi connectivity index (χ4v) is 0.488. The molecule has 16 heteroatoms. The van der Waals surface area contributed by atoms with E-state index < -0.39 is 60.5 Å². The SMILES string of the molecule is NCC(=O)O.N[C@@H](CC(=O)O)C(=O)O.O=C(O)CC(=O)C(=O)O.O=CC(=O)O. The molecule has 0 aliphatic heterocycles. The van der Waals surface area contributed by atoms with Crippen molar-refractivity contribution < 1.29 is 69.0 Å². The molecule has 0 aromatic rings. The van der Waals surface area contributed by atoms with Crippen LogP contribution in [0.1, 0.15) is 12.8 Å². The van der Waals surface area contributed by atoms with Crippen molar-refractivity contribution in [3.63, 3.8) is 0 Å². The maximum Gasteiger partial charge on any atom is 0.372 e. The van der Waals surface area contributed by atoms with Crippen molar-refractivity contribution in [2.24, 2.45) is 11.5 Å². The summed E-state index contributed by atoms with van der Waals surface area (Å²) in [6.45, 7) is -0.278. The second kappa shape index (κ2) is 19.4. The number of hydrogen-bond acceptors (Lipinski definition) is 10. The Morgan fingerprint density at radius 3 is 1.21 bits per heavy atom. The Bertz CT molecular complexity index is 585. The van der Waals surface area contributed by atoms with Crippen LogP contribution in [-0.4, -0.2) is 91.1 Å². The third-order valence-electron chi connectivity index (χ3n) is 1.54. The Balaban J connectivity index is -0.000000143. The fourth-order valence-electron chi connectivity index (χ4n) is 0.488. The summed E-state index contributed by atoms with van der Waals surface area (Å²) in [5, 5.41) is 46.6. The van der Waals surface area contributed by atoms with Gasteiger partial charge in [0.2, 0.25) is 6.29 Å². The third kappa shape index (κ3) is 37.9. The molecular formula is C12H18N2O14. The number of carbonyl (C=O) groups is 8. The number of Topliss-reactive ketones (excluding diaryl/α,β-unsaturated/α-hetero) is 1. The van der Waals surface area contributed by atoms with Crippen LogP contribution in [0.4, 0.5) is 0 Å². The van der Waals surface area contributed by atoms with Gasteiger partial charge in [-0.2, -0.15) is 0 Å². The lowest BCUT2D eigenvalue weighted by atomic mass is 10.2. The van der Waals surface area contributed by atoms with Crippen LogP contribution in [0.25, 0.3) is 0 Å². The zero-order chi connectivity index (χ0) is 23.4. The zero-order valence-electron chi connectivity index (χ0n) is 13.9. The molecule has 16 nitrogen and oxygen atoms in total. The minimum Gasteiger partial charge on any atom is -0.481 e. The standard InChI is InChI=1S/C4H7NO4.C4H4O5.C2H5NO2.C2H2O3/c2*5-2(4(8)9)1-3(6)7;2*3-1-2(4)5/h2H,1,5H2,(H,6,7)(H,8,9);1H2,(H,6,7)(H,8,9);1,3H2,(H,4,5);1H,(H,4,5)/t2-;;;/m0.../s1. The Hall–Kier alpha value is -3.92. The van der Waals surface area contributed by atoms with E-state index in [4.69, 9.17) is 46.0 Å². The van der Waals surface area contributed by atoms with E-state index in [1.54, 1.807) is 0 Å². The van der Waals surface area contributed by atoms with Crippen LogP contribution < -0.4 is 11.5 Å². The second-order valence-electron chi connectivity index (χ2n) is 3.90. The average Bonchev–Trinajstić information content (AvgIpc) is 2.55. The molecule has 0 heterocycles. The van der Waals surface area contributed by atoms with Crippen molar-refractivity contribution in [1.82, 2.24) is 0 Å². The first-order chi connectivity index (χ1) is 12.6. The van der Waals surface area contributed by atoms with Crippen LogP contribution in [0.2, 0.25) is 0 Å². The Morgan fingerprint density at radius 1 is 0.786 bits per heavy atom. The van der Waals surface area contributed by atoms with Crippen molar-refractivity contribution in [1.29, 1.82) is 0 Å². The van der Waals surface area contributed by atoms with E-state index in [-0.39, 0.29) is 12.8 Å². The molecule has 0 bridgehead atoms. The quantitative estimate of drug-likeness (QED) is 0.107. The molecule has 1 atom stereocenters. The van der Waals surface area contributed by atoms with Crippen LogP contribution in [0.15, 0.2) is 0 Å². The summed E-state index contributed by atoms with van der Waals surface area (Å²) in [6.07, 6.45) is -1.65. The molecule has 160 valence electrons. The number of hydrogen-bond donors (Lipinski definition) is 8. The van der Waals surface area contributed by atoms with Gasteiger partial charge in [0.05, 0.1) is 13.0 Å². The summed E-state index contributed by atoms with van der Waals surface area (Å²) >= 11 is 0. The van der Waals surface area contributed by atoms with E-state index in [1.165, 1.54) is 0 Å². The lowest BCUT2D eigenvalue weighted by Gasteiger charge is -1.99. The molecule has 0 aliphatic carbocycles. The van der Waals surface area contributed by atoms with Gasteiger partial charge in [-0.25, -0.2) is 9.59 Å². The summed E-state index contributed by atoms with van der Waals surface area (Å²) in [5.74, 6) is -9.33. The largest absolute Gasteiger partial charge is 0.481 e. The topological polar surface area (TPSA) is 310 Å². The number of aliphatic carboxylic acids is 6. The number of carboxylic acids is 6. The summed E-state index contributed by atoms with van der Waals surface area (Å²) in [6, 6.07) is -1.29. The van der Waals surface area contributed by atoms with Gasteiger partial charge < -0.3 is 42.1 Å². The first-order valence-electron chi connectivity index (χ1n) is 6.40. The molecule has 0 aromatic heterocycles. The lowest BCUT2D eigenvalue weighted by Crippen LogP contribution is -2.32. The molecule has 0 radical (unpaired) electrons. The third-order valence-corrected chi connectivity index (χ3v) is 1.54. The van der Waals surface area contributed by atoms with E-state index in [2.05, 4.69) is 5.73 Å². The van der Waals surface area contributed by atoms with Gasteiger partial charge in [0.25, 0.3) is 5.78 Å². The number of nitrogens with two attached hydrogens (primary N) is 2. The average molecular weight is 414 g/mol. The Labute approximate surface area is 155 Å². The molecular weight excluding hydrogens is 396 g/mol. The molecule has 0 saturated heterocycles. The maximum absolute atomic E-state index is 9.97. The molecule has 0 aliphatic rings. The minimum atomic E-state index is -1.71. The summed E-state index contributed by atoms with van der Waals surface area (Å²) in [5.41, 5.74) is 9.41. The number of rotatable bonds is 8. The van der Waals surface area contributed by atoms with Crippen LogP contribution in [-0.2, 0) is 38.4 Å². The van der Waals surface area contributed by atoms with Crippen LogP contribution in [0.5, 0.6) is 0 Å². The van der Waals surface area contributed by atoms with Crippen LogP contribution >= 0.6 is 0 Å². The summed E-state index contributed by atoms with van der Waals surface area (Å²) < 4.78 is 0. The number of carbonyl (C=O) groups excluding carboxylic acids is 2. The van der Waals surface area contributed by atoms with E-state index in [9.17, 15) is 28.8 Å². The van der Waals surface area contributed by atoms with Crippen molar-refractivity contribution in [3.8, 4) is 0 Å². The molecule has 0 rings (SSSR count). The van der Waals surface area contributed by atoms with Crippen molar-refractivity contribution >= 4 is 47.9 Å². The maximum atomic E-state index is 9.97. The molecule has 0 aromatic carbocycles. The first-order valence-corrected chi connectivity index (χ1v) is 6.40. The minimum absolute atomic E-state index is 0.167. The molecule has 28 heavy (non-hydrogen) atoms. The highest BCUT2D eigenvalue weighted by Crippen LogP contribution is 1.86. The summed E-state index contributed by atoms with van der Waals surface area (Å²) in [4.78, 5) is 76.0. The molecule has 0 spiro atoms. The lowest BCUT2D eigenvalue weighted by molar-refractivity contribution is -0.152. The van der Waals surface area contributed by atoms with Crippen LogP contribution in [0, 0.1) is 0 Å². The van der Waals surface area contributed by atoms with Crippen molar-refractivity contribution in [2.75, 3.05) is 6.54 Å². The normalized spacial score (nSPS) is 9.21. The van der Waals surface area contributed by atoms with E-state index in [0.29, 0.717) is 0 Å². The summed E-state index contributed by atoms with van der Waals surface area (Å²) in [7, 11) is 0. The van der Waals surface area contributed by atoms with Gasteiger partial charge in [-0.15, -0.1) is 0 Å². The van der Waals surface area contributed by atoms with Gasteiger partial charge >= 0.3 is 35.8 Å². The molecule has 0 saturated carbocycles. The first kappa shape index (κ1) is 31.8. The highest BCUT2D eigenvalue weighted by atomic mass is 16.4. The van der Waals surface area contributed by atoms with Gasteiger partial charge in [0.15, 0.2) is 0 Å². The second-order valence-corrected chi connectivity index (χ2v) is 3.90. The van der Waals surface area contributed by atoms with Crippen molar-refractivity contribution in [3.05, 3.63) is 0 Å². The van der Waals surface area contributed by atoms with Gasteiger partial charge in [-0.1, -0.05) is 0 Å². The van der Waals surface area contributed by atoms with E-state index in [1.807, 2.05) is 0 Å². The molecule has 0 fully saturated rings. The fraction of sp³-hybridized carbons (Fsp3) is 0.333. The van der Waals surface area contributed by atoms with Gasteiger partial charge in [0.1, 0.15) is 12.5 Å². The highest BCUT2D eigenvalue weighted by molar-refractivity contribution is 6.35. The van der Waals surface area contributed by atoms with E-state index in [0.717, 1.165) is 0 Å². The zero-order valence-corrected chi connectivity index (χ0v) is 13.9. The number of ketones is 1. The number of aldehydes is 1. The predicted octanol–water partition coefficient (Wildman–Crippen LogP) is -3.71. The predicted molar refractivity (Wildman–Crippen MR) is 83.1 cm³/mol. The molecule has 10 N–H and O–H groups in total. The van der Waals surface area contributed by atoms with Gasteiger partial charge in [-0.05, 0) is 0 Å². The Morgan fingerprint density at radius 2 is 1.14 bits per heavy atom. The van der Waals surface area contributed by atoms with E-state index >= 15 is 0 Å². The van der Waals surface area contributed by atoms with Crippen molar-refractivity contribution in [2.45, 2.75) is 18.9 Å². The number of carboxylic acid groups (broad SMARTS) is 6. The smallest absolute Gasteiger partial charge is 0.372 e. The van der Waals surface area contributed by atoms with Gasteiger partial charge in [0, 0.05) is 0 Å². The molecule has 0 unspecified atom stereocenters. The van der Waals surface area contributed by atoms with Crippen LogP contribution in [0.3, 0.4) is 0 Å². The highest BCUT2D eigenvalue weighted by Gasteiger charge is 2.15. The molecule has 0 amide bonds. The Kier molecular flexibility index (Phi) is 22.0.